The Kier molecular flexibility index (Phi) is 52.8. The predicted octanol–water partition coefficient (Wildman–Crippen LogP) is 19.0. The second-order valence-corrected chi connectivity index (χ2v) is 18.8. The summed E-state index contributed by atoms with van der Waals surface area (Å²) in [6.07, 6.45) is 70.5. The number of esters is 3. The molecular formula is C61H106O6. The maximum Gasteiger partial charge on any atom is 0.306 e. The first kappa shape index (κ1) is 63.8. The highest BCUT2D eigenvalue weighted by Gasteiger charge is 2.19. The van der Waals surface area contributed by atoms with Crippen LogP contribution in [0.5, 0.6) is 0 Å². The number of hydrogen-bond acceptors (Lipinski definition) is 6. The Morgan fingerprint density at radius 2 is 0.612 bits per heavy atom. The Morgan fingerprint density at radius 3 is 1.00 bits per heavy atom. The van der Waals surface area contributed by atoms with Gasteiger partial charge in [-0.2, -0.15) is 0 Å². The quantitative estimate of drug-likeness (QED) is 0.0262. The summed E-state index contributed by atoms with van der Waals surface area (Å²) in [5.41, 5.74) is 0. The van der Waals surface area contributed by atoms with Crippen LogP contribution >= 0.6 is 0 Å². The molecule has 0 aliphatic rings. The molecule has 0 aliphatic carbocycles. The van der Waals surface area contributed by atoms with E-state index in [-0.39, 0.29) is 37.5 Å². The lowest BCUT2D eigenvalue weighted by atomic mass is 10.0. The summed E-state index contributed by atoms with van der Waals surface area (Å²) >= 11 is 0. The van der Waals surface area contributed by atoms with Crippen LogP contribution in [0.25, 0.3) is 0 Å². The normalized spacial score (nSPS) is 12.6. The van der Waals surface area contributed by atoms with E-state index in [0.717, 1.165) is 89.9 Å². The van der Waals surface area contributed by atoms with Crippen molar-refractivity contribution in [1.29, 1.82) is 0 Å². The summed E-state index contributed by atoms with van der Waals surface area (Å²) in [7, 11) is 0. The van der Waals surface area contributed by atoms with Gasteiger partial charge in [0.15, 0.2) is 6.10 Å². The van der Waals surface area contributed by atoms with E-state index in [1.165, 1.54) is 141 Å². The summed E-state index contributed by atoms with van der Waals surface area (Å²) in [6, 6.07) is 0. The standard InChI is InChI=1S/C61H106O6/c1-4-7-10-13-16-19-22-25-27-29-30-32-33-36-39-42-45-48-51-54-60(63)66-57-58(56-65-59(62)53-50-47-44-41-38-35-24-21-18-15-12-9-6-3)67-61(64)55-52-49-46-43-40-37-34-31-28-26-23-20-17-14-11-8-5-2/h7,10,16,19,25,27,30,32,35,38,44,47,58H,4-6,8-9,11-15,17-18,20-24,26,28-29,31,33-34,36-37,39-43,45-46,48-57H2,1-3H3/b10-7+,19-16+,27-25+,32-30+,38-35+,47-44+. The van der Waals surface area contributed by atoms with Crippen molar-refractivity contribution in [2.75, 3.05) is 13.2 Å². The lowest BCUT2D eigenvalue weighted by Crippen LogP contribution is -2.30. The molecule has 0 N–H and O–H groups in total. The van der Waals surface area contributed by atoms with Gasteiger partial charge in [-0.25, -0.2) is 0 Å². The molecule has 1 atom stereocenters. The van der Waals surface area contributed by atoms with Crippen LogP contribution in [0.2, 0.25) is 0 Å². The predicted molar refractivity (Wildman–Crippen MR) is 288 cm³/mol. The molecule has 0 aliphatic heterocycles. The molecule has 0 spiro atoms. The van der Waals surface area contributed by atoms with Crippen LogP contribution < -0.4 is 0 Å². The van der Waals surface area contributed by atoms with E-state index in [1.54, 1.807) is 0 Å². The van der Waals surface area contributed by atoms with Crippen molar-refractivity contribution in [2.24, 2.45) is 0 Å². The Labute approximate surface area is 414 Å². The Balaban J connectivity index is 4.42. The van der Waals surface area contributed by atoms with E-state index in [1.807, 2.05) is 6.08 Å². The summed E-state index contributed by atoms with van der Waals surface area (Å²) < 4.78 is 16.8. The number of rotatable bonds is 51. The molecule has 0 saturated heterocycles. The number of carbonyl (C=O) groups excluding carboxylic acids is 3. The van der Waals surface area contributed by atoms with E-state index in [2.05, 4.69) is 87.6 Å². The number of allylic oxidation sites excluding steroid dienone is 12. The van der Waals surface area contributed by atoms with Crippen LogP contribution in [0, 0.1) is 0 Å². The lowest BCUT2D eigenvalue weighted by molar-refractivity contribution is -0.166. The van der Waals surface area contributed by atoms with E-state index in [0.29, 0.717) is 19.3 Å². The topological polar surface area (TPSA) is 78.9 Å². The van der Waals surface area contributed by atoms with Crippen LogP contribution in [0.1, 0.15) is 278 Å². The second kappa shape index (κ2) is 55.4. The molecule has 0 fully saturated rings. The van der Waals surface area contributed by atoms with Crippen LogP contribution in [0.15, 0.2) is 72.9 Å². The maximum absolute atomic E-state index is 12.8. The highest BCUT2D eigenvalue weighted by atomic mass is 16.6. The van der Waals surface area contributed by atoms with Crippen LogP contribution in [0.3, 0.4) is 0 Å². The van der Waals surface area contributed by atoms with Crippen molar-refractivity contribution < 1.29 is 28.6 Å². The first-order valence-corrected chi connectivity index (χ1v) is 28.4. The van der Waals surface area contributed by atoms with Gasteiger partial charge in [0, 0.05) is 19.3 Å². The van der Waals surface area contributed by atoms with E-state index in [4.69, 9.17) is 14.2 Å². The Morgan fingerprint density at radius 1 is 0.313 bits per heavy atom. The molecular weight excluding hydrogens is 829 g/mol. The van der Waals surface area contributed by atoms with Crippen LogP contribution in [0.4, 0.5) is 0 Å². The minimum atomic E-state index is -0.802. The fourth-order valence-electron chi connectivity index (χ4n) is 7.96. The van der Waals surface area contributed by atoms with Gasteiger partial charge >= 0.3 is 17.9 Å². The summed E-state index contributed by atoms with van der Waals surface area (Å²) in [6.45, 7) is 6.48. The first-order chi connectivity index (χ1) is 33.0. The molecule has 0 rings (SSSR count). The van der Waals surface area contributed by atoms with Crippen molar-refractivity contribution in [3.05, 3.63) is 72.9 Å². The van der Waals surface area contributed by atoms with Gasteiger partial charge in [0.1, 0.15) is 13.2 Å². The van der Waals surface area contributed by atoms with Gasteiger partial charge in [0.2, 0.25) is 0 Å². The molecule has 0 saturated carbocycles. The number of unbranched alkanes of at least 4 members (excludes halogenated alkanes) is 28. The van der Waals surface area contributed by atoms with Crippen molar-refractivity contribution >= 4 is 17.9 Å². The molecule has 0 aromatic rings. The SMILES string of the molecule is CC/C=C/C/C=C/C/C=C/C/C=C/CCCCCCCCC(=O)OCC(COC(=O)CC/C=C/C/C=C/CCCCCCCC)OC(=O)CCCCCCCCCCCCCCCCCCC. The van der Waals surface area contributed by atoms with E-state index in [9.17, 15) is 14.4 Å². The molecule has 67 heavy (non-hydrogen) atoms. The molecule has 0 heterocycles. The third-order valence-electron chi connectivity index (χ3n) is 12.2. The largest absolute Gasteiger partial charge is 0.462 e. The van der Waals surface area contributed by atoms with Gasteiger partial charge in [-0.1, -0.05) is 254 Å². The second-order valence-electron chi connectivity index (χ2n) is 18.8. The van der Waals surface area contributed by atoms with Gasteiger partial charge in [-0.05, 0) is 77.0 Å². The number of carbonyl (C=O) groups is 3. The zero-order chi connectivity index (χ0) is 48.6. The molecule has 6 nitrogen and oxygen atoms in total. The minimum absolute atomic E-state index is 0.0980. The van der Waals surface area contributed by atoms with E-state index >= 15 is 0 Å². The van der Waals surface area contributed by atoms with Gasteiger partial charge in [-0.15, -0.1) is 0 Å². The van der Waals surface area contributed by atoms with Gasteiger partial charge in [-0.3, -0.25) is 14.4 Å². The first-order valence-electron chi connectivity index (χ1n) is 28.4. The van der Waals surface area contributed by atoms with Gasteiger partial charge < -0.3 is 14.2 Å². The average molecular weight is 936 g/mol. The van der Waals surface area contributed by atoms with Crippen molar-refractivity contribution in [1.82, 2.24) is 0 Å². The highest BCUT2D eigenvalue weighted by molar-refractivity contribution is 5.71. The van der Waals surface area contributed by atoms with Crippen molar-refractivity contribution in [3.8, 4) is 0 Å². The Hall–Kier alpha value is -3.15. The lowest BCUT2D eigenvalue weighted by Gasteiger charge is -2.18. The monoisotopic (exact) mass is 935 g/mol. The zero-order valence-electron chi connectivity index (χ0n) is 44.2. The minimum Gasteiger partial charge on any atom is -0.462 e. The van der Waals surface area contributed by atoms with Gasteiger partial charge in [0.05, 0.1) is 0 Å². The third kappa shape index (κ3) is 53.7. The molecule has 0 amide bonds. The molecule has 0 radical (unpaired) electrons. The van der Waals surface area contributed by atoms with Crippen molar-refractivity contribution in [3.63, 3.8) is 0 Å². The summed E-state index contributed by atoms with van der Waals surface area (Å²) in [5.74, 6) is -0.971. The Bertz CT molecular complexity index is 1260. The number of hydrogen-bond donors (Lipinski definition) is 0. The third-order valence-corrected chi connectivity index (χ3v) is 12.2. The smallest absolute Gasteiger partial charge is 0.306 e. The van der Waals surface area contributed by atoms with Crippen LogP contribution in [-0.4, -0.2) is 37.2 Å². The van der Waals surface area contributed by atoms with Crippen LogP contribution in [-0.2, 0) is 28.6 Å². The van der Waals surface area contributed by atoms with E-state index < -0.39 is 6.10 Å². The zero-order valence-corrected chi connectivity index (χ0v) is 44.2. The average Bonchev–Trinajstić information content (AvgIpc) is 3.33. The van der Waals surface area contributed by atoms with Crippen molar-refractivity contribution in [2.45, 2.75) is 284 Å². The molecule has 0 bridgehead atoms. The summed E-state index contributed by atoms with van der Waals surface area (Å²) in [5, 5.41) is 0. The maximum atomic E-state index is 12.8. The molecule has 386 valence electrons. The highest BCUT2D eigenvalue weighted by Crippen LogP contribution is 2.16. The molecule has 0 aromatic carbocycles. The number of ether oxygens (including phenoxy) is 3. The molecule has 6 heteroatoms. The van der Waals surface area contributed by atoms with Gasteiger partial charge in [0.25, 0.3) is 0 Å². The fraction of sp³-hybridized carbons (Fsp3) is 0.754. The summed E-state index contributed by atoms with van der Waals surface area (Å²) in [4.78, 5) is 38.1. The molecule has 1 unspecified atom stereocenters. The molecule has 0 aromatic heterocycles. The fourth-order valence-corrected chi connectivity index (χ4v) is 7.96.